The van der Waals surface area contributed by atoms with E-state index in [4.69, 9.17) is 5.11 Å². The summed E-state index contributed by atoms with van der Waals surface area (Å²) in [5, 5.41) is 12.4. The van der Waals surface area contributed by atoms with Gasteiger partial charge in [0.15, 0.2) is 0 Å². The molecular formula is C12H24N2O2. The van der Waals surface area contributed by atoms with Crippen molar-refractivity contribution in [1.29, 1.82) is 0 Å². The van der Waals surface area contributed by atoms with E-state index in [0.29, 0.717) is 0 Å². The number of hydrogen-bond donors (Lipinski definition) is 2. The molecule has 2 atom stereocenters. The van der Waals surface area contributed by atoms with Crippen molar-refractivity contribution >= 4 is 5.91 Å². The van der Waals surface area contributed by atoms with Gasteiger partial charge in [-0.15, -0.1) is 0 Å². The third-order valence-corrected chi connectivity index (χ3v) is 3.03. The second-order valence-corrected chi connectivity index (χ2v) is 4.57. The number of carbonyl (C=O) groups is 1. The van der Waals surface area contributed by atoms with Crippen LogP contribution in [0.5, 0.6) is 0 Å². The second-order valence-electron chi connectivity index (χ2n) is 4.57. The Morgan fingerprint density at radius 2 is 2.38 bits per heavy atom. The number of likely N-dealkylation sites (tertiary alicyclic amines) is 1. The highest BCUT2D eigenvalue weighted by Gasteiger charge is 2.27. The van der Waals surface area contributed by atoms with E-state index in [9.17, 15) is 4.79 Å². The molecule has 1 aliphatic rings. The van der Waals surface area contributed by atoms with E-state index < -0.39 is 0 Å². The number of carbonyl (C=O) groups excluding carboxylic acids is 1. The summed E-state index contributed by atoms with van der Waals surface area (Å²) < 4.78 is 0. The smallest absolute Gasteiger partial charge is 0.239 e. The molecule has 1 rings (SSSR count). The van der Waals surface area contributed by atoms with Gasteiger partial charge in [0.25, 0.3) is 0 Å². The molecule has 16 heavy (non-hydrogen) atoms. The molecule has 2 N–H and O–H groups in total. The SMILES string of the molecule is CCNC1CCCN(CCCC(C)O)C1=O. The first kappa shape index (κ1) is 13.5. The first-order valence-corrected chi connectivity index (χ1v) is 6.35. The maximum Gasteiger partial charge on any atom is 0.239 e. The van der Waals surface area contributed by atoms with Crippen LogP contribution in [0.25, 0.3) is 0 Å². The van der Waals surface area contributed by atoms with Crippen LogP contribution in [-0.4, -0.2) is 47.7 Å². The Morgan fingerprint density at radius 3 is 3.00 bits per heavy atom. The van der Waals surface area contributed by atoms with Crippen LogP contribution in [-0.2, 0) is 4.79 Å². The molecule has 1 fully saturated rings. The van der Waals surface area contributed by atoms with Crippen LogP contribution in [0, 0.1) is 0 Å². The fourth-order valence-electron chi connectivity index (χ4n) is 2.18. The summed E-state index contributed by atoms with van der Waals surface area (Å²) in [5.41, 5.74) is 0. The zero-order valence-corrected chi connectivity index (χ0v) is 10.4. The molecule has 0 aliphatic carbocycles. The predicted octanol–water partition coefficient (Wildman–Crippen LogP) is 0.748. The first-order valence-electron chi connectivity index (χ1n) is 6.35. The number of likely N-dealkylation sites (N-methyl/N-ethyl adjacent to an activating group) is 1. The van der Waals surface area contributed by atoms with Crippen molar-refractivity contribution < 1.29 is 9.90 Å². The van der Waals surface area contributed by atoms with E-state index in [2.05, 4.69) is 5.32 Å². The highest BCUT2D eigenvalue weighted by atomic mass is 16.3. The van der Waals surface area contributed by atoms with Gasteiger partial charge in [0, 0.05) is 13.1 Å². The van der Waals surface area contributed by atoms with Crippen LogP contribution in [0.3, 0.4) is 0 Å². The van der Waals surface area contributed by atoms with Gasteiger partial charge in [-0.05, 0) is 39.2 Å². The lowest BCUT2D eigenvalue weighted by molar-refractivity contribution is -0.136. The minimum Gasteiger partial charge on any atom is -0.393 e. The van der Waals surface area contributed by atoms with Crippen molar-refractivity contribution in [1.82, 2.24) is 10.2 Å². The van der Waals surface area contributed by atoms with Gasteiger partial charge in [-0.25, -0.2) is 0 Å². The topological polar surface area (TPSA) is 52.6 Å². The van der Waals surface area contributed by atoms with Gasteiger partial charge in [0.2, 0.25) is 5.91 Å². The van der Waals surface area contributed by atoms with Gasteiger partial charge in [-0.2, -0.15) is 0 Å². The summed E-state index contributed by atoms with van der Waals surface area (Å²) >= 11 is 0. The standard InChI is InChI=1S/C12H24N2O2/c1-3-13-11-7-5-9-14(12(11)16)8-4-6-10(2)15/h10-11,13,15H,3-9H2,1-2H3. The number of aliphatic hydroxyl groups is 1. The van der Waals surface area contributed by atoms with Gasteiger partial charge in [-0.1, -0.05) is 6.92 Å². The van der Waals surface area contributed by atoms with Gasteiger partial charge in [0.1, 0.15) is 0 Å². The number of nitrogens with zero attached hydrogens (tertiary/aromatic N) is 1. The van der Waals surface area contributed by atoms with E-state index in [1.807, 2.05) is 11.8 Å². The number of piperidine rings is 1. The summed E-state index contributed by atoms with van der Waals surface area (Å²) in [6.07, 6.45) is 3.44. The van der Waals surface area contributed by atoms with Crippen LogP contribution in [0.1, 0.15) is 39.5 Å². The maximum atomic E-state index is 12.0. The molecule has 4 nitrogen and oxygen atoms in total. The fourth-order valence-corrected chi connectivity index (χ4v) is 2.18. The molecule has 1 amide bonds. The van der Waals surface area contributed by atoms with Crippen molar-refractivity contribution in [2.24, 2.45) is 0 Å². The Bertz CT molecular complexity index is 217. The molecule has 94 valence electrons. The Balaban J connectivity index is 2.32. The Hall–Kier alpha value is -0.610. The van der Waals surface area contributed by atoms with Gasteiger partial charge >= 0.3 is 0 Å². The quantitative estimate of drug-likeness (QED) is 0.705. The first-order chi connectivity index (χ1) is 7.65. The zero-order chi connectivity index (χ0) is 12.0. The molecule has 0 aromatic heterocycles. The summed E-state index contributed by atoms with van der Waals surface area (Å²) in [6.45, 7) is 6.32. The van der Waals surface area contributed by atoms with Crippen molar-refractivity contribution in [3.8, 4) is 0 Å². The van der Waals surface area contributed by atoms with E-state index in [1.165, 1.54) is 0 Å². The minimum absolute atomic E-state index is 0.0188. The average Bonchev–Trinajstić information content (AvgIpc) is 2.23. The highest BCUT2D eigenvalue weighted by molar-refractivity contribution is 5.82. The van der Waals surface area contributed by atoms with Crippen LogP contribution < -0.4 is 5.32 Å². The second kappa shape index (κ2) is 6.86. The number of aliphatic hydroxyl groups excluding tert-OH is 1. The third kappa shape index (κ3) is 4.10. The molecule has 1 aliphatic heterocycles. The number of rotatable bonds is 6. The predicted molar refractivity (Wildman–Crippen MR) is 64.2 cm³/mol. The number of amides is 1. The summed E-state index contributed by atoms with van der Waals surface area (Å²) in [4.78, 5) is 13.9. The van der Waals surface area contributed by atoms with Gasteiger partial charge < -0.3 is 15.3 Å². The Morgan fingerprint density at radius 1 is 1.62 bits per heavy atom. The van der Waals surface area contributed by atoms with E-state index in [1.54, 1.807) is 6.92 Å². The third-order valence-electron chi connectivity index (χ3n) is 3.03. The largest absolute Gasteiger partial charge is 0.393 e. The van der Waals surface area contributed by atoms with Crippen LogP contribution in [0.2, 0.25) is 0 Å². The zero-order valence-electron chi connectivity index (χ0n) is 10.4. The summed E-state index contributed by atoms with van der Waals surface area (Å²) in [5.74, 6) is 0.235. The van der Waals surface area contributed by atoms with E-state index in [-0.39, 0.29) is 18.1 Å². The van der Waals surface area contributed by atoms with E-state index in [0.717, 1.165) is 45.3 Å². The molecule has 1 saturated heterocycles. The average molecular weight is 228 g/mol. The molecule has 0 radical (unpaired) electrons. The molecule has 0 aromatic carbocycles. The van der Waals surface area contributed by atoms with Gasteiger partial charge in [-0.3, -0.25) is 4.79 Å². The number of nitrogens with one attached hydrogen (secondary N) is 1. The fraction of sp³-hybridized carbons (Fsp3) is 0.917. The molecule has 4 heteroatoms. The molecular weight excluding hydrogens is 204 g/mol. The molecule has 1 heterocycles. The molecule has 0 bridgehead atoms. The summed E-state index contributed by atoms with van der Waals surface area (Å²) in [6, 6.07) is 0.0188. The van der Waals surface area contributed by atoms with Crippen LogP contribution in [0.4, 0.5) is 0 Å². The Labute approximate surface area is 98.0 Å². The summed E-state index contributed by atoms with van der Waals surface area (Å²) in [7, 11) is 0. The molecule has 0 saturated carbocycles. The lowest BCUT2D eigenvalue weighted by Crippen LogP contribution is -2.50. The lowest BCUT2D eigenvalue weighted by atomic mass is 10.0. The van der Waals surface area contributed by atoms with Crippen molar-refractivity contribution in [3.63, 3.8) is 0 Å². The van der Waals surface area contributed by atoms with Crippen molar-refractivity contribution in [2.45, 2.75) is 51.7 Å². The molecule has 2 unspecified atom stereocenters. The normalized spacial score (nSPS) is 23.6. The van der Waals surface area contributed by atoms with Crippen LogP contribution >= 0.6 is 0 Å². The van der Waals surface area contributed by atoms with Gasteiger partial charge in [0.05, 0.1) is 12.1 Å². The lowest BCUT2D eigenvalue weighted by Gasteiger charge is -2.32. The molecule has 0 spiro atoms. The van der Waals surface area contributed by atoms with E-state index >= 15 is 0 Å². The monoisotopic (exact) mass is 228 g/mol. The highest BCUT2D eigenvalue weighted by Crippen LogP contribution is 2.12. The van der Waals surface area contributed by atoms with Crippen molar-refractivity contribution in [2.75, 3.05) is 19.6 Å². The number of hydrogen-bond acceptors (Lipinski definition) is 3. The van der Waals surface area contributed by atoms with Crippen molar-refractivity contribution in [3.05, 3.63) is 0 Å². The maximum absolute atomic E-state index is 12.0. The minimum atomic E-state index is -0.260. The van der Waals surface area contributed by atoms with Crippen LogP contribution in [0.15, 0.2) is 0 Å². The Kier molecular flexibility index (Phi) is 5.77. The molecule has 0 aromatic rings.